The summed E-state index contributed by atoms with van der Waals surface area (Å²) in [4.78, 5) is 11.0. The predicted molar refractivity (Wildman–Crippen MR) is 61.0 cm³/mol. The van der Waals surface area contributed by atoms with Gasteiger partial charge in [-0.15, -0.1) is 0 Å². The highest BCUT2D eigenvalue weighted by Gasteiger charge is 2.04. The molecule has 16 heavy (non-hydrogen) atoms. The van der Waals surface area contributed by atoms with Crippen molar-refractivity contribution in [2.45, 2.75) is 26.2 Å². The zero-order valence-electron chi connectivity index (χ0n) is 9.13. The molecule has 0 N–H and O–H groups in total. The first-order valence-corrected chi connectivity index (χ1v) is 5.61. The Bertz CT molecular complexity index is 366. The molecule has 0 saturated heterocycles. The zero-order valence-corrected chi connectivity index (χ0v) is 9.89. The molecule has 0 aliphatic rings. The number of halogens is 2. The van der Waals surface area contributed by atoms with Crippen molar-refractivity contribution in [2.75, 3.05) is 6.61 Å². The van der Waals surface area contributed by atoms with Gasteiger partial charge in [0.15, 0.2) is 0 Å². The van der Waals surface area contributed by atoms with E-state index in [-0.39, 0.29) is 11.0 Å². The lowest BCUT2D eigenvalue weighted by atomic mass is 10.1. The molecule has 0 saturated carbocycles. The number of carbonyl (C=O) groups excluding carboxylic acids is 1. The van der Waals surface area contributed by atoms with Crippen molar-refractivity contribution in [1.82, 2.24) is 0 Å². The van der Waals surface area contributed by atoms with Crippen LogP contribution in [0.4, 0.5) is 4.39 Å². The van der Waals surface area contributed by atoms with E-state index in [4.69, 9.17) is 16.3 Å². The Balaban J connectivity index is 2.37. The molecule has 0 spiro atoms. The highest BCUT2D eigenvalue weighted by molar-refractivity contribution is 6.30. The van der Waals surface area contributed by atoms with Crippen LogP contribution in [-0.4, -0.2) is 12.6 Å². The van der Waals surface area contributed by atoms with Crippen LogP contribution in [0.5, 0.6) is 0 Å². The minimum absolute atomic E-state index is 0.119. The summed E-state index contributed by atoms with van der Waals surface area (Å²) in [6.45, 7) is 2.18. The number of benzene rings is 1. The molecule has 1 rings (SSSR count). The van der Waals surface area contributed by atoms with E-state index in [1.165, 1.54) is 6.07 Å². The highest BCUT2D eigenvalue weighted by Crippen LogP contribution is 2.17. The smallest absolute Gasteiger partial charge is 0.305 e. The lowest BCUT2D eigenvalue weighted by molar-refractivity contribution is -0.143. The minimum Gasteiger partial charge on any atom is -0.466 e. The molecule has 0 aliphatic heterocycles. The average molecular weight is 245 g/mol. The molecule has 2 nitrogen and oxygen atoms in total. The second-order valence-corrected chi connectivity index (χ2v) is 3.81. The molecule has 0 fully saturated rings. The minimum atomic E-state index is -0.421. The van der Waals surface area contributed by atoms with E-state index in [9.17, 15) is 9.18 Å². The Morgan fingerprint density at radius 3 is 2.88 bits per heavy atom. The van der Waals surface area contributed by atoms with E-state index >= 15 is 0 Å². The molecule has 0 unspecified atom stereocenters. The van der Waals surface area contributed by atoms with Crippen LogP contribution in [0.2, 0.25) is 5.02 Å². The molecule has 0 amide bonds. The van der Waals surface area contributed by atoms with Crippen LogP contribution in [-0.2, 0) is 16.0 Å². The van der Waals surface area contributed by atoms with Crippen LogP contribution in [0.1, 0.15) is 25.3 Å². The maximum atomic E-state index is 12.8. The lowest BCUT2D eigenvalue weighted by Gasteiger charge is -2.03. The topological polar surface area (TPSA) is 26.3 Å². The number of carbonyl (C=O) groups is 1. The number of aryl methyl sites for hydroxylation is 1. The van der Waals surface area contributed by atoms with Gasteiger partial charge in [-0.3, -0.25) is 4.79 Å². The summed E-state index contributed by atoms with van der Waals surface area (Å²) in [7, 11) is 0. The molecule has 1 aromatic carbocycles. The SMILES string of the molecule is CCOC(=O)CCCc1ccc(F)c(Cl)c1. The maximum absolute atomic E-state index is 12.8. The standard InChI is InChI=1S/C12H14ClFO2/c1-2-16-12(15)5-3-4-9-6-7-11(14)10(13)8-9/h6-8H,2-5H2,1H3. The molecule has 0 radical (unpaired) electrons. The van der Waals surface area contributed by atoms with E-state index in [1.54, 1.807) is 19.1 Å². The monoisotopic (exact) mass is 244 g/mol. The number of ether oxygens (including phenoxy) is 1. The lowest BCUT2D eigenvalue weighted by Crippen LogP contribution is -2.04. The Kier molecular flexibility index (Phi) is 5.26. The first-order chi connectivity index (χ1) is 7.63. The number of hydrogen-bond donors (Lipinski definition) is 0. The van der Waals surface area contributed by atoms with E-state index in [0.717, 1.165) is 5.56 Å². The van der Waals surface area contributed by atoms with Crippen LogP contribution in [0.25, 0.3) is 0 Å². The fourth-order valence-electron chi connectivity index (χ4n) is 1.37. The normalized spacial score (nSPS) is 10.2. The fourth-order valence-corrected chi connectivity index (χ4v) is 1.57. The van der Waals surface area contributed by atoms with Crippen molar-refractivity contribution in [3.63, 3.8) is 0 Å². The van der Waals surface area contributed by atoms with E-state index in [1.807, 2.05) is 0 Å². The van der Waals surface area contributed by atoms with Crippen LogP contribution >= 0.6 is 11.6 Å². The highest BCUT2D eigenvalue weighted by atomic mass is 35.5. The first-order valence-electron chi connectivity index (χ1n) is 5.23. The van der Waals surface area contributed by atoms with E-state index in [0.29, 0.717) is 25.9 Å². The van der Waals surface area contributed by atoms with Gasteiger partial charge in [0, 0.05) is 6.42 Å². The van der Waals surface area contributed by atoms with Gasteiger partial charge < -0.3 is 4.74 Å². The number of esters is 1. The summed E-state index contributed by atoms with van der Waals surface area (Å²) in [6.07, 6.45) is 1.75. The molecular weight excluding hydrogens is 231 g/mol. The molecule has 1 aromatic rings. The molecule has 0 atom stereocenters. The zero-order chi connectivity index (χ0) is 12.0. The van der Waals surface area contributed by atoms with Crippen LogP contribution in [0.15, 0.2) is 18.2 Å². The second-order valence-electron chi connectivity index (χ2n) is 3.41. The molecule has 0 aliphatic carbocycles. The van der Waals surface area contributed by atoms with E-state index < -0.39 is 5.82 Å². The van der Waals surface area contributed by atoms with Gasteiger partial charge in [0.25, 0.3) is 0 Å². The summed E-state index contributed by atoms with van der Waals surface area (Å²) in [6, 6.07) is 4.59. The molecule has 0 bridgehead atoms. The molecule has 4 heteroatoms. The Morgan fingerprint density at radius 1 is 1.50 bits per heavy atom. The van der Waals surface area contributed by atoms with Gasteiger partial charge in [0.2, 0.25) is 0 Å². The molecule has 0 aromatic heterocycles. The predicted octanol–water partition coefficient (Wildman–Crippen LogP) is 3.36. The van der Waals surface area contributed by atoms with Crippen LogP contribution in [0, 0.1) is 5.82 Å². The maximum Gasteiger partial charge on any atom is 0.305 e. The summed E-state index contributed by atoms with van der Waals surface area (Å²) < 4.78 is 17.6. The summed E-state index contributed by atoms with van der Waals surface area (Å²) in [5, 5.41) is 0.119. The quantitative estimate of drug-likeness (QED) is 0.743. The molecular formula is C12H14ClFO2. The first kappa shape index (κ1) is 13.0. The molecule has 0 heterocycles. The third kappa shape index (κ3) is 4.19. The summed E-state index contributed by atoms with van der Waals surface area (Å²) >= 11 is 5.64. The Morgan fingerprint density at radius 2 is 2.25 bits per heavy atom. The van der Waals surface area contributed by atoms with Crippen molar-refractivity contribution >= 4 is 17.6 Å². The van der Waals surface area contributed by atoms with Crippen molar-refractivity contribution < 1.29 is 13.9 Å². The molecule has 88 valence electrons. The third-order valence-electron chi connectivity index (χ3n) is 2.14. The van der Waals surface area contributed by atoms with Crippen molar-refractivity contribution in [3.05, 3.63) is 34.6 Å². The number of rotatable bonds is 5. The van der Waals surface area contributed by atoms with Gasteiger partial charge in [-0.25, -0.2) is 4.39 Å². The average Bonchev–Trinajstić information content (AvgIpc) is 2.24. The summed E-state index contributed by atoms with van der Waals surface area (Å²) in [5.74, 6) is -0.619. The van der Waals surface area contributed by atoms with Gasteiger partial charge in [0.1, 0.15) is 5.82 Å². The third-order valence-corrected chi connectivity index (χ3v) is 2.43. The van der Waals surface area contributed by atoms with Gasteiger partial charge in [0.05, 0.1) is 11.6 Å². The van der Waals surface area contributed by atoms with E-state index in [2.05, 4.69) is 0 Å². The van der Waals surface area contributed by atoms with Gasteiger partial charge in [-0.05, 0) is 37.5 Å². The van der Waals surface area contributed by atoms with Gasteiger partial charge >= 0.3 is 5.97 Å². The van der Waals surface area contributed by atoms with Crippen LogP contribution < -0.4 is 0 Å². The van der Waals surface area contributed by atoms with Gasteiger partial charge in [-0.1, -0.05) is 17.7 Å². The van der Waals surface area contributed by atoms with Crippen molar-refractivity contribution in [2.24, 2.45) is 0 Å². The summed E-state index contributed by atoms with van der Waals surface area (Å²) in [5.41, 5.74) is 0.927. The van der Waals surface area contributed by atoms with Crippen molar-refractivity contribution in [3.8, 4) is 0 Å². The van der Waals surface area contributed by atoms with Crippen LogP contribution in [0.3, 0.4) is 0 Å². The number of hydrogen-bond acceptors (Lipinski definition) is 2. The Hall–Kier alpha value is -1.09. The van der Waals surface area contributed by atoms with Crippen molar-refractivity contribution in [1.29, 1.82) is 0 Å². The fraction of sp³-hybridized carbons (Fsp3) is 0.417. The largest absolute Gasteiger partial charge is 0.466 e. The Labute approximate surface area is 99.4 Å². The second kappa shape index (κ2) is 6.48. The van der Waals surface area contributed by atoms with Gasteiger partial charge in [-0.2, -0.15) is 0 Å².